The standard InChI is InChI=1S/C18H31N3/c1-5-18(6-2)14-21(17(13-20-18)15(3)4)12-10-16-9-7-8-11-19-16/h7-9,11,15,17,20H,5-6,10,12-14H2,1-4H3. The molecule has 0 spiro atoms. The molecule has 1 unspecified atom stereocenters. The minimum atomic E-state index is 0.301. The fraction of sp³-hybridized carbons (Fsp3) is 0.722. The number of hydrogen-bond acceptors (Lipinski definition) is 3. The van der Waals surface area contributed by atoms with Gasteiger partial charge in [-0.15, -0.1) is 0 Å². The summed E-state index contributed by atoms with van der Waals surface area (Å²) in [6.45, 7) is 12.7. The molecule has 1 fully saturated rings. The molecule has 21 heavy (non-hydrogen) atoms. The van der Waals surface area contributed by atoms with Crippen LogP contribution in [0.1, 0.15) is 46.2 Å². The number of aromatic nitrogens is 1. The summed E-state index contributed by atoms with van der Waals surface area (Å²) in [4.78, 5) is 7.16. The molecule has 118 valence electrons. The molecule has 2 heterocycles. The molecule has 1 aliphatic rings. The molecule has 1 aromatic heterocycles. The van der Waals surface area contributed by atoms with Crippen LogP contribution in [0.25, 0.3) is 0 Å². The SMILES string of the molecule is CCC1(CC)CN(CCc2ccccn2)C(C(C)C)CN1. The minimum Gasteiger partial charge on any atom is -0.308 e. The van der Waals surface area contributed by atoms with E-state index in [1.54, 1.807) is 0 Å². The highest BCUT2D eigenvalue weighted by Crippen LogP contribution is 2.25. The highest BCUT2D eigenvalue weighted by molar-refractivity contribution is 5.05. The number of rotatable bonds is 6. The van der Waals surface area contributed by atoms with Crippen LogP contribution in [0.2, 0.25) is 0 Å². The Morgan fingerprint density at radius 2 is 2.10 bits per heavy atom. The van der Waals surface area contributed by atoms with Crippen molar-refractivity contribution in [3.8, 4) is 0 Å². The van der Waals surface area contributed by atoms with E-state index in [1.807, 2.05) is 12.3 Å². The Labute approximate surface area is 130 Å². The largest absolute Gasteiger partial charge is 0.308 e. The van der Waals surface area contributed by atoms with Crippen LogP contribution in [0.5, 0.6) is 0 Å². The first kappa shape index (κ1) is 16.4. The third-order valence-corrected chi connectivity index (χ3v) is 5.17. The molecular weight excluding hydrogens is 258 g/mol. The molecule has 1 aromatic rings. The van der Waals surface area contributed by atoms with E-state index in [-0.39, 0.29) is 0 Å². The predicted molar refractivity (Wildman–Crippen MR) is 89.5 cm³/mol. The summed E-state index contributed by atoms with van der Waals surface area (Å²) in [6.07, 6.45) is 5.35. The van der Waals surface area contributed by atoms with Crippen molar-refractivity contribution in [1.82, 2.24) is 15.2 Å². The van der Waals surface area contributed by atoms with Crippen LogP contribution in [-0.4, -0.2) is 41.1 Å². The van der Waals surface area contributed by atoms with E-state index in [2.05, 4.69) is 55.0 Å². The topological polar surface area (TPSA) is 28.2 Å². The van der Waals surface area contributed by atoms with Crippen molar-refractivity contribution < 1.29 is 0 Å². The molecule has 0 amide bonds. The summed E-state index contributed by atoms with van der Waals surface area (Å²) < 4.78 is 0. The number of piperazine rings is 1. The van der Waals surface area contributed by atoms with E-state index < -0.39 is 0 Å². The molecule has 0 radical (unpaired) electrons. The lowest BCUT2D eigenvalue weighted by molar-refractivity contribution is 0.0512. The van der Waals surface area contributed by atoms with Gasteiger partial charge in [-0.1, -0.05) is 33.8 Å². The van der Waals surface area contributed by atoms with Crippen molar-refractivity contribution in [2.75, 3.05) is 19.6 Å². The number of nitrogens with zero attached hydrogens (tertiary/aromatic N) is 2. The van der Waals surface area contributed by atoms with Crippen molar-refractivity contribution in [3.05, 3.63) is 30.1 Å². The van der Waals surface area contributed by atoms with Crippen LogP contribution in [0.4, 0.5) is 0 Å². The van der Waals surface area contributed by atoms with Gasteiger partial charge in [0, 0.05) is 49.5 Å². The second-order valence-electron chi connectivity index (χ2n) is 6.72. The zero-order valence-electron chi connectivity index (χ0n) is 14.1. The second-order valence-corrected chi connectivity index (χ2v) is 6.72. The maximum Gasteiger partial charge on any atom is 0.0416 e. The van der Waals surface area contributed by atoms with E-state index >= 15 is 0 Å². The average Bonchev–Trinajstić information content (AvgIpc) is 2.53. The van der Waals surface area contributed by atoms with Crippen LogP contribution in [-0.2, 0) is 6.42 Å². The Morgan fingerprint density at radius 3 is 2.67 bits per heavy atom. The highest BCUT2D eigenvalue weighted by atomic mass is 15.3. The lowest BCUT2D eigenvalue weighted by Gasteiger charge is -2.49. The third-order valence-electron chi connectivity index (χ3n) is 5.17. The van der Waals surface area contributed by atoms with E-state index in [0.717, 1.165) is 26.1 Å². The first-order chi connectivity index (χ1) is 10.1. The molecular formula is C18H31N3. The minimum absolute atomic E-state index is 0.301. The number of pyridine rings is 1. The Hall–Kier alpha value is -0.930. The summed E-state index contributed by atoms with van der Waals surface area (Å²) in [5.74, 6) is 0.688. The van der Waals surface area contributed by atoms with E-state index in [1.165, 1.54) is 18.5 Å². The quantitative estimate of drug-likeness (QED) is 0.872. The molecule has 3 nitrogen and oxygen atoms in total. The van der Waals surface area contributed by atoms with Crippen molar-refractivity contribution in [3.63, 3.8) is 0 Å². The zero-order chi connectivity index (χ0) is 15.3. The van der Waals surface area contributed by atoms with E-state index in [4.69, 9.17) is 0 Å². The lowest BCUT2D eigenvalue weighted by Crippen LogP contribution is -2.65. The average molecular weight is 289 g/mol. The smallest absolute Gasteiger partial charge is 0.0416 e. The van der Waals surface area contributed by atoms with Gasteiger partial charge < -0.3 is 5.32 Å². The Bertz CT molecular complexity index is 412. The van der Waals surface area contributed by atoms with Gasteiger partial charge in [-0.2, -0.15) is 0 Å². The van der Waals surface area contributed by atoms with Gasteiger partial charge in [0.2, 0.25) is 0 Å². The lowest BCUT2D eigenvalue weighted by atomic mass is 9.86. The van der Waals surface area contributed by atoms with E-state index in [0.29, 0.717) is 17.5 Å². The fourth-order valence-corrected chi connectivity index (χ4v) is 3.44. The molecule has 0 saturated carbocycles. The predicted octanol–water partition coefficient (Wildman–Crippen LogP) is 3.11. The Kier molecular flexibility index (Phi) is 5.77. The molecule has 2 rings (SSSR count). The van der Waals surface area contributed by atoms with Gasteiger partial charge in [0.05, 0.1) is 0 Å². The van der Waals surface area contributed by atoms with Gasteiger partial charge >= 0.3 is 0 Å². The van der Waals surface area contributed by atoms with E-state index in [9.17, 15) is 0 Å². The number of hydrogen-bond donors (Lipinski definition) is 1. The number of nitrogens with one attached hydrogen (secondary N) is 1. The van der Waals surface area contributed by atoms with Crippen molar-refractivity contribution in [2.24, 2.45) is 5.92 Å². The first-order valence-corrected chi connectivity index (χ1v) is 8.49. The summed E-state index contributed by atoms with van der Waals surface area (Å²) >= 11 is 0. The molecule has 1 saturated heterocycles. The summed E-state index contributed by atoms with van der Waals surface area (Å²) in [6, 6.07) is 6.85. The van der Waals surface area contributed by atoms with Gasteiger partial charge in [-0.05, 0) is 30.9 Å². The van der Waals surface area contributed by atoms with Gasteiger partial charge in [-0.25, -0.2) is 0 Å². The zero-order valence-corrected chi connectivity index (χ0v) is 14.1. The first-order valence-electron chi connectivity index (χ1n) is 8.49. The summed E-state index contributed by atoms with van der Waals surface area (Å²) in [5, 5.41) is 3.83. The van der Waals surface area contributed by atoms with Gasteiger partial charge in [0.25, 0.3) is 0 Å². The van der Waals surface area contributed by atoms with Crippen LogP contribution < -0.4 is 5.32 Å². The summed E-state index contributed by atoms with van der Waals surface area (Å²) in [5.41, 5.74) is 1.51. The summed E-state index contributed by atoms with van der Waals surface area (Å²) in [7, 11) is 0. The van der Waals surface area contributed by atoms with Gasteiger partial charge in [-0.3, -0.25) is 9.88 Å². The van der Waals surface area contributed by atoms with Crippen LogP contribution >= 0.6 is 0 Å². The maximum atomic E-state index is 4.47. The maximum absolute atomic E-state index is 4.47. The monoisotopic (exact) mass is 289 g/mol. The van der Waals surface area contributed by atoms with Crippen LogP contribution in [0.15, 0.2) is 24.4 Å². The van der Waals surface area contributed by atoms with Crippen molar-refractivity contribution in [1.29, 1.82) is 0 Å². The Morgan fingerprint density at radius 1 is 1.33 bits per heavy atom. The normalized spacial score (nSPS) is 22.6. The molecule has 0 bridgehead atoms. The molecule has 1 N–H and O–H groups in total. The molecule has 3 heteroatoms. The fourth-order valence-electron chi connectivity index (χ4n) is 3.44. The molecule has 1 atom stereocenters. The van der Waals surface area contributed by atoms with Gasteiger partial charge in [0.15, 0.2) is 0 Å². The second kappa shape index (κ2) is 7.37. The molecule has 1 aliphatic heterocycles. The van der Waals surface area contributed by atoms with Crippen LogP contribution in [0.3, 0.4) is 0 Å². The highest BCUT2D eigenvalue weighted by Gasteiger charge is 2.37. The van der Waals surface area contributed by atoms with Crippen molar-refractivity contribution in [2.45, 2.75) is 58.5 Å². The van der Waals surface area contributed by atoms with Gasteiger partial charge in [0.1, 0.15) is 0 Å². The molecule has 0 aromatic carbocycles. The molecule has 0 aliphatic carbocycles. The van der Waals surface area contributed by atoms with Crippen molar-refractivity contribution >= 4 is 0 Å². The Balaban J connectivity index is 2.03. The van der Waals surface area contributed by atoms with Crippen LogP contribution in [0, 0.1) is 5.92 Å². The third kappa shape index (κ3) is 4.04.